The van der Waals surface area contributed by atoms with E-state index in [1.807, 2.05) is 30.5 Å². The molecule has 0 N–H and O–H groups in total. The van der Waals surface area contributed by atoms with E-state index in [1.165, 1.54) is 6.26 Å². The van der Waals surface area contributed by atoms with E-state index in [4.69, 9.17) is 0 Å². The number of benzene rings is 1. The molecule has 0 aliphatic heterocycles. The molecule has 1 aromatic heterocycles. The third kappa shape index (κ3) is 2.40. The Labute approximate surface area is 112 Å². The summed E-state index contributed by atoms with van der Waals surface area (Å²) in [5, 5.41) is 1.98. The van der Waals surface area contributed by atoms with E-state index in [0.717, 1.165) is 21.6 Å². The van der Waals surface area contributed by atoms with Gasteiger partial charge in [-0.3, -0.25) is 0 Å². The average molecular weight is 278 g/mol. The molecule has 4 heteroatoms. The van der Waals surface area contributed by atoms with E-state index in [2.05, 4.69) is 6.58 Å². The quantitative estimate of drug-likeness (QED) is 0.854. The summed E-state index contributed by atoms with van der Waals surface area (Å²) in [6.07, 6.45) is 1.23. The fourth-order valence-electron chi connectivity index (χ4n) is 1.92. The standard InChI is InChI=1S/C14H14O2S2/c1-10(2)14-11(12-7-5-9-17-12)6-4-8-13(14)18(3,15)16/h4-9H,1H2,2-3H3. The van der Waals surface area contributed by atoms with Crippen molar-refractivity contribution >= 4 is 26.7 Å². The molecule has 2 rings (SSSR count). The van der Waals surface area contributed by atoms with E-state index in [0.29, 0.717) is 4.90 Å². The van der Waals surface area contributed by atoms with Crippen molar-refractivity contribution in [2.45, 2.75) is 11.8 Å². The van der Waals surface area contributed by atoms with Crippen LogP contribution in [0.25, 0.3) is 16.0 Å². The normalized spacial score (nSPS) is 11.4. The van der Waals surface area contributed by atoms with Gasteiger partial charge in [0.25, 0.3) is 0 Å². The molecule has 1 heterocycles. The number of rotatable bonds is 3. The smallest absolute Gasteiger partial charge is 0.176 e. The number of hydrogen-bond acceptors (Lipinski definition) is 3. The maximum Gasteiger partial charge on any atom is 0.176 e. The van der Waals surface area contributed by atoms with Crippen molar-refractivity contribution in [2.75, 3.05) is 6.26 Å². The third-order valence-corrected chi connectivity index (χ3v) is 4.68. The first-order valence-corrected chi connectivity index (χ1v) is 8.21. The molecule has 0 bridgehead atoms. The molecule has 0 saturated heterocycles. The van der Waals surface area contributed by atoms with Crippen molar-refractivity contribution in [3.8, 4) is 10.4 Å². The first-order chi connectivity index (χ1) is 8.41. The van der Waals surface area contributed by atoms with Crippen LogP contribution in [0.3, 0.4) is 0 Å². The predicted molar refractivity (Wildman–Crippen MR) is 77.6 cm³/mol. The van der Waals surface area contributed by atoms with Gasteiger partial charge in [0.1, 0.15) is 0 Å². The summed E-state index contributed by atoms with van der Waals surface area (Å²) >= 11 is 1.59. The number of sulfone groups is 1. The third-order valence-electron chi connectivity index (χ3n) is 2.64. The Morgan fingerprint density at radius 3 is 2.44 bits per heavy atom. The van der Waals surface area contributed by atoms with E-state index >= 15 is 0 Å². The van der Waals surface area contributed by atoms with Gasteiger partial charge < -0.3 is 0 Å². The van der Waals surface area contributed by atoms with Gasteiger partial charge in [-0.1, -0.05) is 24.8 Å². The molecule has 0 saturated carbocycles. The lowest BCUT2D eigenvalue weighted by Gasteiger charge is -2.12. The van der Waals surface area contributed by atoms with Crippen LogP contribution in [0.15, 0.2) is 47.2 Å². The molecule has 18 heavy (non-hydrogen) atoms. The molecular weight excluding hydrogens is 264 g/mol. The van der Waals surface area contributed by atoms with Gasteiger partial charge in [-0.15, -0.1) is 11.3 Å². The minimum absolute atomic E-state index is 0.348. The highest BCUT2D eigenvalue weighted by Gasteiger charge is 2.18. The minimum atomic E-state index is -3.25. The van der Waals surface area contributed by atoms with Crippen LogP contribution in [-0.2, 0) is 9.84 Å². The van der Waals surface area contributed by atoms with Crippen LogP contribution in [0.4, 0.5) is 0 Å². The number of hydrogen-bond donors (Lipinski definition) is 0. The van der Waals surface area contributed by atoms with Crippen molar-refractivity contribution in [2.24, 2.45) is 0 Å². The second kappa shape index (κ2) is 4.71. The zero-order valence-electron chi connectivity index (χ0n) is 10.3. The number of allylic oxidation sites excluding steroid dienone is 1. The molecule has 94 valence electrons. The Morgan fingerprint density at radius 1 is 1.22 bits per heavy atom. The fraction of sp³-hybridized carbons (Fsp3) is 0.143. The van der Waals surface area contributed by atoms with Gasteiger partial charge in [-0.2, -0.15) is 0 Å². The summed E-state index contributed by atoms with van der Waals surface area (Å²) in [5.74, 6) is 0. The van der Waals surface area contributed by atoms with Crippen LogP contribution in [0, 0.1) is 0 Å². The summed E-state index contributed by atoms with van der Waals surface area (Å²) in [4.78, 5) is 1.40. The summed E-state index contributed by atoms with van der Waals surface area (Å²) in [6.45, 7) is 5.74. The SMILES string of the molecule is C=C(C)c1c(-c2cccs2)cccc1S(C)(=O)=O. The summed E-state index contributed by atoms with van der Waals surface area (Å²) in [7, 11) is -3.25. The van der Waals surface area contributed by atoms with Gasteiger partial charge in [0.05, 0.1) is 4.90 Å². The molecule has 0 aliphatic rings. The Balaban J connectivity index is 2.81. The Bertz CT molecular complexity index is 681. The van der Waals surface area contributed by atoms with Crippen LogP contribution in [0.2, 0.25) is 0 Å². The highest BCUT2D eigenvalue weighted by molar-refractivity contribution is 7.90. The van der Waals surface area contributed by atoms with Crippen molar-refractivity contribution in [1.82, 2.24) is 0 Å². The maximum atomic E-state index is 11.8. The summed E-state index contributed by atoms with van der Waals surface area (Å²) < 4.78 is 23.7. The molecule has 0 radical (unpaired) electrons. The van der Waals surface area contributed by atoms with Crippen molar-refractivity contribution in [3.63, 3.8) is 0 Å². The largest absolute Gasteiger partial charge is 0.224 e. The molecule has 0 atom stereocenters. The van der Waals surface area contributed by atoms with Crippen LogP contribution in [0.1, 0.15) is 12.5 Å². The molecule has 2 aromatic rings. The number of thiophene rings is 1. The Morgan fingerprint density at radius 2 is 1.94 bits per heavy atom. The second-order valence-electron chi connectivity index (χ2n) is 4.21. The fourth-order valence-corrected chi connectivity index (χ4v) is 3.66. The summed E-state index contributed by atoms with van der Waals surface area (Å²) in [6, 6.07) is 9.28. The van der Waals surface area contributed by atoms with Gasteiger partial charge in [-0.05, 0) is 30.0 Å². The minimum Gasteiger partial charge on any atom is -0.224 e. The monoisotopic (exact) mass is 278 g/mol. The lowest BCUT2D eigenvalue weighted by atomic mass is 10.0. The predicted octanol–water partition coefficient (Wildman–Crippen LogP) is 3.85. The second-order valence-corrected chi connectivity index (χ2v) is 7.14. The lowest BCUT2D eigenvalue weighted by Crippen LogP contribution is -2.02. The molecule has 0 fully saturated rings. The summed E-state index contributed by atoms with van der Waals surface area (Å²) in [5.41, 5.74) is 2.42. The molecule has 0 aliphatic carbocycles. The average Bonchev–Trinajstić information content (AvgIpc) is 2.80. The molecule has 0 amide bonds. The van der Waals surface area contributed by atoms with Crippen molar-refractivity contribution in [1.29, 1.82) is 0 Å². The Hall–Kier alpha value is -1.39. The van der Waals surface area contributed by atoms with Gasteiger partial charge >= 0.3 is 0 Å². The van der Waals surface area contributed by atoms with Gasteiger partial charge in [-0.25, -0.2) is 8.42 Å². The van der Waals surface area contributed by atoms with E-state index < -0.39 is 9.84 Å². The van der Waals surface area contributed by atoms with E-state index in [9.17, 15) is 8.42 Å². The van der Waals surface area contributed by atoms with Gasteiger partial charge in [0, 0.05) is 22.3 Å². The maximum absolute atomic E-state index is 11.8. The van der Waals surface area contributed by atoms with Crippen LogP contribution in [0.5, 0.6) is 0 Å². The topological polar surface area (TPSA) is 34.1 Å². The van der Waals surface area contributed by atoms with Gasteiger partial charge in [0.2, 0.25) is 0 Å². The van der Waals surface area contributed by atoms with E-state index in [-0.39, 0.29) is 0 Å². The van der Waals surface area contributed by atoms with E-state index in [1.54, 1.807) is 23.5 Å². The first kappa shape index (κ1) is 13.1. The molecule has 0 unspecified atom stereocenters. The highest BCUT2D eigenvalue weighted by atomic mass is 32.2. The highest BCUT2D eigenvalue weighted by Crippen LogP contribution is 2.35. The zero-order valence-corrected chi connectivity index (χ0v) is 11.9. The Kier molecular flexibility index (Phi) is 3.41. The van der Waals surface area contributed by atoms with Crippen LogP contribution >= 0.6 is 11.3 Å². The molecule has 2 nitrogen and oxygen atoms in total. The zero-order chi connectivity index (χ0) is 13.3. The van der Waals surface area contributed by atoms with Crippen LogP contribution in [-0.4, -0.2) is 14.7 Å². The van der Waals surface area contributed by atoms with Crippen molar-refractivity contribution in [3.05, 3.63) is 47.9 Å². The molecule has 1 aromatic carbocycles. The molecular formula is C14H14O2S2. The molecule has 0 spiro atoms. The first-order valence-electron chi connectivity index (χ1n) is 5.44. The van der Waals surface area contributed by atoms with Crippen LogP contribution < -0.4 is 0 Å². The van der Waals surface area contributed by atoms with Gasteiger partial charge in [0.15, 0.2) is 9.84 Å². The van der Waals surface area contributed by atoms with Crippen molar-refractivity contribution < 1.29 is 8.42 Å². The lowest BCUT2D eigenvalue weighted by molar-refractivity contribution is 0.601.